The van der Waals surface area contributed by atoms with Crippen molar-refractivity contribution in [3.8, 4) is 0 Å². The Bertz CT molecular complexity index is 422. The van der Waals surface area contributed by atoms with E-state index in [4.69, 9.17) is 5.73 Å². The van der Waals surface area contributed by atoms with E-state index in [2.05, 4.69) is 10.6 Å². The standard InChI is InChI=1S/C16H29N3O4/c1-11(2)15(19-14(22)9-6-8-13(17)21)16(23)18-10-5-4-7-12(3)20/h11,15H,4-10H2,1-3H3,(H2,17,21)(H,18,23)(H,19,22). The van der Waals surface area contributed by atoms with E-state index in [0.29, 0.717) is 19.4 Å². The van der Waals surface area contributed by atoms with E-state index in [-0.39, 0.29) is 36.4 Å². The molecule has 132 valence electrons. The number of hydrogen-bond donors (Lipinski definition) is 3. The van der Waals surface area contributed by atoms with Crippen LogP contribution in [-0.2, 0) is 19.2 Å². The van der Waals surface area contributed by atoms with Gasteiger partial charge in [-0.25, -0.2) is 0 Å². The van der Waals surface area contributed by atoms with Crippen LogP contribution >= 0.6 is 0 Å². The minimum Gasteiger partial charge on any atom is -0.370 e. The van der Waals surface area contributed by atoms with Crippen molar-refractivity contribution in [2.75, 3.05) is 6.54 Å². The van der Waals surface area contributed by atoms with Crippen LogP contribution in [0.4, 0.5) is 0 Å². The molecule has 0 fully saturated rings. The van der Waals surface area contributed by atoms with E-state index in [9.17, 15) is 19.2 Å². The largest absolute Gasteiger partial charge is 0.370 e. The van der Waals surface area contributed by atoms with Gasteiger partial charge in [-0.2, -0.15) is 0 Å². The molecule has 7 heteroatoms. The second-order valence-electron chi connectivity index (χ2n) is 6.06. The van der Waals surface area contributed by atoms with Crippen molar-refractivity contribution in [1.29, 1.82) is 0 Å². The molecule has 1 atom stereocenters. The molecule has 0 aliphatic heterocycles. The van der Waals surface area contributed by atoms with Crippen molar-refractivity contribution >= 4 is 23.5 Å². The van der Waals surface area contributed by atoms with Crippen molar-refractivity contribution in [2.24, 2.45) is 11.7 Å². The first-order valence-corrected chi connectivity index (χ1v) is 8.08. The minimum atomic E-state index is -0.608. The molecule has 0 spiro atoms. The van der Waals surface area contributed by atoms with Gasteiger partial charge >= 0.3 is 0 Å². The molecule has 0 aliphatic carbocycles. The summed E-state index contributed by atoms with van der Waals surface area (Å²) in [7, 11) is 0. The summed E-state index contributed by atoms with van der Waals surface area (Å²) < 4.78 is 0. The molecule has 7 nitrogen and oxygen atoms in total. The predicted molar refractivity (Wildman–Crippen MR) is 87.4 cm³/mol. The third kappa shape index (κ3) is 11.3. The molecule has 0 radical (unpaired) electrons. The first-order valence-electron chi connectivity index (χ1n) is 8.08. The zero-order chi connectivity index (χ0) is 17.8. The second-order valence-corrected chi connectivity index (χ2v) is 6.06. The highest BCUT2D eigenvalue weighted by Crippen LogP contribution is 2.04. The molecule has 0 saturated carbocycles. The topological polar surface area (TPSA) is 118 Å². The van der Waals surface area contributed by atoms with Gasteiger partial charge in [0.05, 0.1) is 0 Å². The number of carbonyl (C=O) groups excluding carboxylic acids is 4. The third-order valence-corrected chi connectivity index (χ3v) is 3.35. The zero-order valence-electron chi connectivity index (χ0n) is 14.3. The summed E-state index contributed by atoms with van der Waals surface area (Å²) >= 11 is 0. The normalized spacial score (nSPS) is 11.8. The van der Waals surface area contributed by atoms with Gasteiger partial charge in [0, 0.05) is 25.8 Å². The number of ketones is 1. The van der Waals surface area contributed by atoms with Crippen LogP contribution in [0, 0.1) is 5.92 Å². The maximum absolute atomic E-state index is 12.1. The summed E-state index contributed by atoms with van der Waals surface area (Å²) in [5, 5.41) is 5.47. The number of nitrogens with two attached hydrogens (primary N) is 1. The quantitative estimate of drug-likeness (QED) is 0.456. The first-order chi connectivity index (χ1) is 10.7. The number of nitrogens with one attached hydrogen (secondary N) is 2. The molecule has 0 aromatic rings. The first kappa shape index (κ1) is 21.1. The summed E-state index contributed by atoms with van der Waals surface area (Å²) in [6.45, 7) is 5.72. The number of unbranched alkanes of at least 4 members (excludes halogenated alkanes) is 1. The van der Waals surface area contributed by atoms with Gasteiger partial charge in [-0.1, -0.05) is 13.8 Å². The molecule has 23 heavy (non-hydrogen) atoms. The SMILES string of the molecule is CC(=O)CCCCNC(=O)C(NC(=O)CCCC(N)=O)C(C)C. The van der Waals surface area contributed by atoms with Crippen LogP contribution in [0.25, 0.3) is 0 Å². The lowest BCUT2D eigenvalue weighted by Crippen LogP contribution is -2.49. The second kappa shape index (κ2) is 11.6. The van der Waals surface area contributed by atoms with Gasteiger partial charge in [-0.15, -0.1) is 0 Å². The van der Waals surface area contributed by atoms with Crippen LogP contribution in [0.3, 0.4) is 0 Å². The van der Waals surface area contributed by atoms with Gasteiger partial charge in [0.15, 0.2) is 0 Å². The van der Waals surface area contributed by atoms with Crippen LogP contribution in [0.2, 0.25) is 0 Å². The average Bonchev–Trinajstić information content (AvgIpc) is 2.43. The van der Waals surface area contributed by atoms with Crippen molar-refractivity contribution < 1.29 is 19.2 Å². The van der Waals surface area contributed by atoms with Crippen LogP contribution in [0.1, 0.15) is 59.3 Å². The molecular formula is C16H29N3O4. The molecule has 0 heterocycles. The van der Waals surface area contributed by atoms with Crippen molar-refractivity contribution in [1.82, 2.24) is 10.6 Å². The molecule has 1 unspecified atom stereocenters. The van der Waals surface area contributed by atoms with E-state index < -0.39 is 11.9 Å². The highest BCUT2D eigenvalue weighted by molar-refractivity contribution is 5.88. The summed E-state index contributed by atoms with van der Waals surface area (Å²) in [6.07, 6.45) is 2.67. The molecule has 0 aromatic heterocycles. The number of rotatable bonds is 12. The Morgan fingerprint density at radius 1 is 0.957 bits per heavy atom. The molecule has 0 saturated heterocycles. The Hall–Kier alpha value is -1.92. The number of carbonyl (C=O) groups is 4. The number of hydrogen-bond acceptors (Lipinski definition) is 4. The minimum absolute atomic E-state index is 0.0488. The lowest BCUT2D eigenvalue weighted by Gasteiger charge is -2.21. The van der Waals surface area contributed by atoms with Gasteiger partial charge in [0.2, 0.25) is 17.7 Å². The van der Waals surface area contributed by atoms with Crippen molar-refractivity contribution in [2.45, 2.75) is 65.3 Å². The Morgan fingerprint density at radius 2 is 1.61 bits per heavy atom. The molecule has 0 rings (SSSR count). The van der Waals surface area contributed by atoms with Crippen LogP contribution in [0.15, 0.2) is 0 Å². The summed E-state index contributed by atoms with van der Waals surface area (Å²) in [5.74, 6) is -0.851. The van der Waals surface area contributed by atoms with Crippen molar-refractivity contribution in [3.05, 3.63) is 0 Å². The van der Waals surface area contributed by atoms with Gasteiger partial charge in [-0.05, 0) is 32.1 Å². The highest BCUT2D eigenvalue weighted by atomic mass is 16.2. The molecule has 0 bridgehead atoms. The molecule has 0 aliphatic rings. The summed E-state index contributed by atoms with van der Waals surface area (Å²) in [4.78, 5) is 45.4. The Labute approximate surface area is 137 Å². The van der Waals surface area contributed by atoms with E-state index in [1.54, 1.807) is 6.92 Å². The zero-order valence-corrected chi connectivity index (χ0v) is 14.3. The number of Topliss-reactive ketones (excluding diaryl/α,β-unsaturated/α-hetero) is 1. The van der Waals surface area contributed by atoms with E-state index >= 15 is 0 Å². The summed E-state index contributed by atoms with van der Waals surface area (Å²) in [6, 6.07) is -0.608. The molecule has 0 aromatic carbocycles. The fourth-order valence-corrected chi connectivity index (χ4v) is 2.02. The fraction of sp³-hybridized carbons (Fsp3) is 0.750. The van der Waals surface area contributed by atoms with Crippen LogP contribution in [0.5, 0.6) is 0 Å². The van der Waals surface area contributed by atoms with E-state index in [1.165, 1.54) is 0 Å². The smallest absolute Gasteiger partial charge is 0.242 e. The summed E-state index contributed by atoms with van der Waals surface area (Å²) in [5.41, 5.74) is 5.02. The Kier molecular flexibility index (Phi) is 10.7. The van der Waals surface area contributed by atoms with Gasteiger partial charge in [-0.3, -0.25) is 14.4 Å². The molecule has 3 amide bonds. The number of amides is 3. The Morgan fingerprint density at radius 3 is 2.13 bits per heavy atom. The van der Waals surface area contributed by atoms with Gasteiger partial charge in [0.25, 0.3) is 0 Å². The third-order valence-electron chi connectivity index (χ3n) is 3.35. The lowest BCUT2D eigenvalue weighted by molar-refractivity contribution is -0.130. The van der Waals surface area contributed by atoms with E-state index in [1.807, 2.05) is 13.8 Å². The Balaban J connectivity index is 4.17. The average molecular weight is 327 g/mol. The lowest BCUT2D eigenvalue weighted by atomic mass is 10.0. The predicted octanol–water partition coefficient (Wildman–Crippen LogP) is 0.658. The molecule has 4 N–H and O–H groups in total. The van der Waals surface area contributed by atoms with Gasteiger partial charge < -0.3 is 21.2 Å². The highest BCUT2D eigenvalue weighted by Gasteiger charge is 2.23. The van der Waals surface area contributed by atoms with Crippen LogP contribution < -0.4 is 16.4 Å². The number of primary amides is 1. The van der Waals surface area contributed by atoms with Crippen LogP contribution in [-0.4, -0.2) is 36.1 Å². The fourth-order valence-electron chi connectivity index (χ4n) is 2.02. The maximum atomic E-state index is 12.1. The monoisotopic (exact) mass is 327 g/mol. The maximum Gasteiger partial charge on any atom is 0.242 e. The van der Waals surface area contributed by atoms with Crippen molar-refractivity contribution in [3.63, 3.8) is 0 Å². The van der Waals surface area contributed by atoms with Gasteiger partial charge in [0.1, 0.15) is 11.8 Å². The van der Waals surface area contributed by atoms with E-state index in [0.717, 1.165) is 12.8 Å². The molecular weight excluding hydrogens is 298 g/mol.